The smallest absolute Gasteiger partial charge is 0.550 e. The molecule has 0 aliphatic heterocycles. The first-order valence-electron chi connectivity index (χ1n) is 3.98. The molecule has 0 aromatic heterocycles. The minimum atomic E-state index is -1.19. The molecular weight excluding hydrogens is 301 g/mol. The van der Waals surface area contributed by atoms with Crippen LogP contribution in [-0.4, -0.2) is 11.8 Å². The summed E-state index contributed by atoms with van der Waals surface area (Å²) >= 11 is 0. The van der Waals surface area contributed by atoms with Crippen molar-refractivity contribution in [3.63, 3.8) is 0 Å². The zero-order valence-corrected chi connectivity index (χ0v) is 14.3. The Balaban J connectivity index is 0.00000169. The van der Waals surface area contributed by atoms with Crippen molar-refractivity contribution >= 4 is 11.8 Å². The van der Waals surface area contributed by atoms with E-state index >= 15 is 0 Å². The van der Waals surface area contributed by atoms with Crippen molar-refractivity contribution in [3.05, 3.63) is 35.9 Å². The molecule has 1 aromatic rings. The van der Waals surface area contributed by atoms with Crippen molar-refractivity contribution in [1.82, 2.24) is 0 Å². The minimum Gasteiger partial charge on any atom is -0.550 e. The summed E-state index contributed by atoms with van der Waals surface area (Å²) in [4.78, 5) is 21.3. The van der Waals surface area contributed by atoms with Crippen LogP contribution in [0, 0.1) is 0 Å². The average Bonchev–Trinajstić information content (AvgIpc) is 2.15. The Morgan fingerprint density at radius 1 is 1.07 bits per heavy atom. The van der Waals surface area contributed by atoms with Crippen LogP contribution >= 0.6 is 0 Å². The van der Waals surface area contributed by atoms with Gasteiger partial charge in [0.25, 0.3) is 0 Å². The van der Waals surface area contributed by atoms with Gasteiger partial charge < -0.3 is 9.90 Å². The number of Topliss-reactive ketones (excluding diaryl/α,β-unsaturated/α-hetero) is 1. The Hall–Kier alpha value is 0.412. The third kappa shape index (κ3) is 5.33. The molecular formula is C10H9CsO3. The van der Waals surface area contributed by atoms with Crippen molar-refractivity contribution in [2.45, 2.75) is 12.8 Å². The van der Waals surface area contributed by atoms with Crippen LogP contribution in [0.2, 0.25) is 0 Å². The molecule has 0 aliphatic rings. The summed E-state index contributed by atoms with van der Waals surface area (Å²) in [5.41, 5.74) is 0.545. The number of hydrogen-bond acceptors (Lipinski definition) is 3. The standard InChI is InChI=1S/C10H10O3.Cs/c11-9(6-7-10(12)13)8-4-2-1-3-5-8;/h1-5H,6-7H2,(H,12,13);/q;+1/p-1. The van der Waals surface area contributed by atoms with E-state index in [2.05, 4.69) is 0 Å². The number of carbonyl (C=O) groups excluding carboxylic acids is 2. The van der Waals surface area contributed by atoms with E-state index < -0.39 is 5.97 Å². The van der Waals surface area contributed by atoms with Gasteiger partial charge in [-0.3, -0.25) is 4.79 Å². The predicted molar refractivity (Wildman–Crippen MR) is 45.0 cm³/mol. The summed E-state index contributed by atoms with van der Waals surface area (Å²) in [6.45, 7) is 0. The van der Waals surface area contributed by atoms with E-state index in [0.717, 1.165) is 0 Å². The van der Waals surface area contributed by atoms with Gasteiger partial charge in [-0.15, -0.1) is 0 Å². The van der Waals surface area contributed by atoms with Crippen LogP contribution in [0.5, 0.6) is 0 Å². The van der Waals surface area contributed by atoms with E-state index in [9.17, 15) is 14.7 Å². The Morgan fingerprint density at radius 3 is 2.14 bits per heavy atom. The number of carboxylic acids is 1. The molecule has 68 valence electrons. The molecule has 0 saturated carbocycles. The van der Waals surface area contributed by atoms with Gasteiger partial charge in [-0.25, -0.2) is 0 Å². The van der Waals surface area contributed by atoms with Crippen molar-refractivity contribution < 1.29 is 83.6 Å². The minimum absolute atomic E-state index is 0. The van der Waals surface area contributed by atoms with Gasteiger partial charge in [0.05, 0.1) is 0 Å². The molecule has 3 nitrogen and oxygen atoms in total. The first-order chi connectivity index (χ1) is 6.20. The van der Waals surface area contributed by atoms with Crippen LogP contribution in [0.15, 0.2) is 30.3 Å². The first kappa shape index (κ1) is 14.4. The third-order valence-corrected chi connectivity index (χ3v) is 1.65. The maximum Gasteiger partial charge on any atom is 1.00 e. The molecule has 1 aromatic carbocycles. The fourth-order valence-electron chi connectivity index (χ4n) is 0.984. The molecule has 0 spiro atoms. The summed E-state index contributed by atoms with van der Waals surface area (Å²) in [5.74, 6) is -1.35. The van der Waals surface area contributed by atoms with Gasteiger partial charge in [0.15, 0.2) is 5.78 Å². The van der Waals surface area contributed by atoms with E-state index in [1.807, 2.05) is 0 Å². The van der Waals surface area contributed by atoms with Gasteiger partial charge in [0.1, 0.15) is 0 Å². The van der Waals surface area contributed by atoms with Crippen molar-refractivity contribution in [2.75, 3.05) is 0 Å². The zero-order valence-electron chi connectivity index (χ0n) is 8.03. The quantitative estimate of drug-likeness (QED) is 0.573. The summed E-state index contributed by atoms with van der Waals surface area (Å²) in [6.07, 6.45) is -0.208. The Bertz CT molecular complexity index is 308. The van der Waals surface area contributed by atoms with E-state index in [0.29, 0.717) is 5.56 Å². The van der Waals surface area contributed by atoms with Gasteiger partial charge >= 0.3 is 68.9 Å². The molecule has 4 heteroatoms. The monoisotopic (exact) mass is 310 g/mol. The Kier molecular flexibility index (Phi) is 7.90. The van der Waals surface area contributed by atoms with Crippen molar-refractivity contribution in [2.24, 2.45) is 0 Å². The molecule has 1 rings (SSSR count). The zero-order chi connectivity index (χ0) is 9.68. The SMILES string of the molecule is O=C([O-])CCC(=O)c1ccccc1.[Cs+]. The molecule has 0 amide bonds. The third-order valence-electron chi connectivity index (χ3n) is 1.65. The fraction of sp³-hybridized carbons (Fsp3) is 0.200. The molecule has 0 heterocycles. The summed E-state index contributed by atoms with van der Waals surface area (Å²) in [7, 11) is 0. The van der Waals surface area contributed by atoms with Gasteiger partial charge in [0.2, 0.25) is 0 Å². The number of aliphatic carboxylic acids is 1. The van der Waals surface area contributed by atoms with Gasteiger partial charge in [-0.2, -0.15) is 0 Å². The van der Waals surface area contributed by atoms with Crippen molar-refractivity contribution in [1.29, 1.82) is 0 Å². The molecule has 0 radical (unpaired) electrons. The van der Waals surface area contributed by atoms with Crippen LogP contribution in [0.25, 0.3) is 0 Å². The van der Waals surface area contributed by atoms with Gasteiger partial charge in [-0.05, 0) is 6.42 Å². The molecule has 0 atom stereocenters. The van der Waals surface area contributed by atoms with Gasteiger partial charge in [-0.1, -0.05) is 30.3 Å². The average molecular weight is 310 g/mol. The number of carbonyl (C=O) groups is 2. The Labute approximate surface area is 141 Å². The number of hydrogen-bond donors (Lipinski definition) is 0. The van der Waals surface area contributed by atoms with Crippen LogP contribution in [0.1, 0.15) is 23.2 Å². The summed E-state index contributed by atoms with van der Waals surface area (Å²) < 4.78 is 0. The number of rotatable bonds is 4. The second-order valence-corrected chi connectivity index (χ2v) is 2.66. The maximum atomic E-state index is 11.3. The van der Waals surface area contributed by atoms with Crippen LogP contribution < -0.4 is 74.0 Å². The number of benzene rings is 1. The topological polar surface area (TPSA) is 57.2 Å². The molecule has 0 bridgehead atoms. The predicted octanol–water partition coefficient (Wildman–Crippen LogP) is -2.60. The molecule has 0 aliphatic carbocycles. The first-order valence-corrected chi connectivity index (χ1v) is 3.98. The van der Waals surface area contributed by atoms with Crippen LogP contribution in [0.3, 0.4) is 0 Å². The molecule has 0 fully saturated rings. The van der Waals surface area contributed by atoms with E-state index in [1.165, 1.54) is 0 Å². The van der Waals surface area contributed by atoms with E-state index in [4.69, 9.17) is 0 Å². The maximum absolute atomic E-state index is 11.3. The number of ketones is 1. The second-order valence-electron chi connectivity index (χ2n) is 2.66. The van der Waals surface area contributed by atoms with E-state index in [1.54, 1.807) is 30.3 Å². The van der Waals surface area contributed by atoms with Crippen LogP contribution in [0.4, 0.5) is 0 Å². The van der Waals surface area contributed by atoms with E-state index in [-0.39, 0.29) is 87.5 Å². The van der Waals surface area contributed by atoms with Crippen molar-refractivity contribution in [3.8, 4) is 0 Å². The summed E-state index contributed by atoms with van der Waals surface area (Å²) in [6, 6.07) is 8.61. The molecule has 0 unspecified atom stereocenters. The molecule has 0 N–H and O–H groups in total. The summed E-state index contributed by atoms with van der Waals surface area (Å²) in [5, 5.41) is 10.1. The largest absolute Gasteiger partial charge is 1.00 e. The normalized spacial score (nSPS) is 8.86. The fourth-order valence-corrected chi connectivity index (χ4v) is 0.984. The molecule has 14 heavy (non-hydrogen) atoms. The second kappa shape index (κ2) is 7.67. The molecule has 0 saturated heterocycles. The number of carboxylic acid groups (broad SMARTS) is 1. The Morgan fingerprint density at radius 2 is 1.64 bits per heavy atom. The van der Waals surface area contributed by atoms with Crippen LogP contribution in [-0.2, 0) is 4.79 Å². The van der Waals surface area contributed by atoms with Gasteiger partial charge in [0, 0.05) is 18.0 Å².